The van der Waals surface area contributed by atoms with Crippen molar-refractivity contribution in [2.75, 3.05) is 11.0 Å². The number of aromatic nitrogens is 2. The van der Waals surface area contributed by atoms with Crippen LogP contribution in [-0.4, -0.2) is 20.8 Å². The van der Waals surface area contributed by atoms with Gasteiger partial charge >= 0.3 is 0 Å². The van der Waals surface area contributed by atoms with E-state index in [1.165, 1.54) is 10.2 Å². The van der Waals surface area contributed by atoms with Crippen molar-refractivity contribution in [3.63, 3.8) is 0 Å². The van der Waals surface area contributed by atoms with E-state index in [2.05, 4.69) is 67.5 Å². The zero-order chi connectivity index (χ0) is 11.3. The molecule has 0 unspecified atom stereocenters. The van der Waals surface area contributed by atoms with Crippen molar-refractivity contribution in [1.82, 2.24) is 15.1 Å². The second-order valence-electron chi connectivity index (χ2n) is 3.24. The predicted octanol–water partition coefficient (Wildman–Crippen LogP) is 2.75. The van der Waals surface area contributed by atoms with Crippen LogP contribution < -0.4 is 5.32 Å². The minimum Gasteiger partial charge on any atom is -0.310 e. The molecule has 1 N–H and O–H groups in total. The zero-order valence-corrected chi connectivity index (χ0v) is 12.9. The van der Waals surface area contributed by atoms with Crippen molar-refractivity contribution < 1.29 is 0 Å². The zero-order valence-electron chi connectivity index (χ0n) is 9.19. The van der Waals surface area contributed by atoms with Crippen molar-refractivity contribution >= 4 is 38.5 Å². The number of aryl methyl sites for hydroxylation is 2. The third-order valence-corrected chi connectivity index (χ3v) is 3.71. The van der Waals surface area contributed by atoms with Gasteiger partial charge in [-0.25, -0.2) is 0 Å². The van der Waals surface area contributed by atoms with Gasteiger partial charge in [-0.1, -0.05) is 29.5 Å². The Bertz CT molecular complexity index is 312. The molecule has 1 aromatic heterocycles. The lowest BCUT2D eigenvalue weighted by Crippen LogP contribution is -2.18. The molecule has 0 fully saturated rings. The molecule has 0 saturated carbocycles. The van der Waals surface area contributed by atoms with Crippen molar-refractivity contribution in [3.05, 3.63) is 15.9 Å². The van der Waals surface area contributed by atoms with E-state index in [-0.39, 0.29) is 0 Å². The van der Waals surface area contributed by atoms with Gasteiger partial charge in [0.2, 0.25) is 0 Å². The van der Waals surface area contributed by atoms with Crippen LogP contribution in [0.5, 0.6) is 0 Å². The first-order valence-electron chi connectivity index (χ1n) is 5.25. The molecule has 0 radical (unpaired) electrons. The fourth-order valence-electron chi connectivity index (χ4n) is 1.46. The molecule has 0 aliphatic heterocycles. The van der Waals surface area contributed by atoms with Crippen LogP contribution in [0.2, 0.25) is 0 Å². The van der Waals surface area contributed by atoms with Gasteiger partial charge < -0.3 is 5.32 Å². The van der Waals surface area contributed by atoms with Crippen LogP contribution >= 0.6 is 38.5 Å². The highest BCUT2D eigenvalue weighted by Crippen LogP contribution is 2.22. The normalized spacial score (nSPS) is 10.9. The molecule has 86 valence electrons. The summed E-state index contributed by atoms with van der Waals surface area (Å²) in [5.41, 5.74) is 2.42. The first kappa shape index (κ1) is 13.4. The third-order valence-electron chi connectivity index (χ3n) is 2.26. The Morgan fingerprint density at radius 3 is 2.73 bits per heavy atom. The van der Waals surface area contributed by atoms with E-state index >= 15 is 0 Å². The van der Waals surface area contributed by atoms with E-state index in [4.69, 9.17) is 0 Å². The first-order valence-corrected chi connectivity index (χ1v) is 7.57. The van der Waals surface area contributed by atoms with Gasteiger partial charge in [0.25, 0.3) is 0 Å². The molecule has 0 amide bonds. The second-order valence-corrected chi connectivity index (χ2v) is 5.11. The van der Waals surface area contributed by atoms with Crippen molar-refractivity contribution in [2.45, 2.75) is 33.4 Å². The number of nitrogens with one attached hydrogen (secondary N) is 1. The van der Waals surface area contributed by atoms with E-state index in [0.29, 0.717) is 0 Å². The van der Waals surface area contributed by atoms with Crippen molar-refractivity contribution in [3.8, 4) is 0 Å². The molecular weight excluding hydrogens is 369 g/mol. The lowest BCUT2D eigenvalue weighted by molar-refractivity contribution is 0.586. The summed E-state index contributed by atoms with van der Waals surface area (Å²) in [6.45, 7) is 7.13. The summed E-state index contributed by atoms with van der Waals surface area (Å²) in [6.07, 6.45) is 0.979. The smallest absolute Gasteiger partial charge is 0.0767 e. The molecule has 0 aliphatic carbocycles. The summed E-state index contributed by atoms with van der Waals surface area (Å²) in [5.74, 6) is 0. The SMILES string of the molecule is CCc1nn(CC)c(CNCCI)c1Br. The summed E-state index contributed by atoms with van der Waals surface area (Å²) in [4.78, 5) is 0. The maximum atomic E-state index is 4.55. The molecule has 5 heteroatoms. The number of hydrogen-bond acceptors (Lipinski definition) is 2. The summed E-state index contributed by atoms with van der Waals surface area (Å²) >= 11 is 6.00. The number of rotatable bonds is 6. The minimum absolute atomic E-state index is 0.893. The van der Waals surface area contributed by atoms with Crippen LogP contribution in [0.15, 0.2) is 4.47 Å². The average Bonchev–Trinajstić information content (AvgIpc) is 2.56. The van der Waals surface area contributed by atoms with Gasteiger partial charge in [-0.05, 0) is 29.3 Å². The lowest BCUT2D eigenvalue weighted by atomic mass is 10.3. The maximum Gasteiger partial charge on any atom is 0.0767 e. The molecule has 0 saturated heterocycles. The van der Waals surface area contributed by atoms with Gasteiger partial charge in [-0.3, -0.25) is 4.68 Å². The Morgan fingerprint density at radius 2 is 2.20 bits per heavy atom. The second kappa shape index (κ2) is 6.85. The topological polar surface area (TPSA) is 29.9 Å². The minimum atomic E-state index is 0.893. The Balaban J connectivity index is 2.78. The molecule has 0 spiro atoms. The molecule has 0 atom stereocenters. The molecular formula is C10H17BrIN3. The molecule has 1 aromatic rings. The quantitative estimate of drug-likeness (QED) is 0.463. The molecule has 0 aromatic carbocycles. The van der Waals surface area contributed by atoms with E-state index < -0.39 is 0 Å². The molecule has 15 heavy (non-hydrogen) atoms. The molecule has 0 bridgehead atoms. The highest BCUT2D eigenvalue weighted by molar-refractivity contribution is 14.1. The molecule has 1 heterocycles. The Morgan fingerprint density at radius 1 is 1.47 bits per heavy atom. The monoisotopic (exact) mass is 385 g/mol. The molecule has 3 nitrogen and oxygen atoms in total. The van der Waals surface area contributed by atoms with Gasteiger partial charge in [0.15, 0.2) is 0 Å². The van der Waals surface area contributed by atoms with Crippen molar-refractivity contribution in [2.24, 2.45) is 0 Å². The van der Waals surface area contributed by atoms with Gasteiger partial charge in [0.1, 0.15) is 0 Å². The van der Waals surface area contributed by atoms with E-state index in [0.717, 1.165) is 36.2 Å². The maximum absolute atomic E-state index is 4.55. The van der Waals surface area contributed by atoms with Crippen LogP contribution in [0.1, 0.15) is 25.2 Å². The first-order chi connectivity index (χ1) is 7.24. The fraction of sp³-hybridized carbons (Fsp3) is 0.700. The van der Waals surface area contributed by atoms with Crippen LogP contribution in [0.25, 0.3) is 0 Å². The van der Waals surface area contributed by atoms with Gasteiger partial charge in [0, 0.05) is 24.1 Å². The highest BCUT2D eigenvalue weighted by atomic mass is 127. The lowest BCUT2D eigenvalue weighted by Gasteiger charge is -2.05. The van der Waals surface area contributed by atoms with Crippen LogP contribution in [0.4, 0.5) is 0 Å². The van der Waals surface area contributed by atoms with Gasteiger partial charge in [-0.2, -0.15) is 5.10 Å². The third kappa shape index (κ3) is 3.42. The summed E-state index contributed by atoms with van der Waals surface area (Å²) < 4.78 is 4.38. The average molecular weight is 386 g/mol. The number of alkyl halides is 1. The highest BCUT2D eigenvalue weighted by Gasteiger charge is 2.12. The molecule has 0 aliphatic rings. The Labute approximate surface area is 113 Å². The van der Waals surface area contributed by atoms with Crippen LogP contribution in [-0.2, 0) is 19.5 Å². The summed E-state index contributed by atoms with van der Waals surface area (Å²) in [6, 6.07) is 0. The fourth-order valence-corrected chi connectivity index (χ4v) is 2.55. The van der Waals surface area contributed by atoms with Crippen LogP contribution in [0.3, 0.4) is 0 Å². The van der Waals surface area contributed by atoms with E-state index in [1.807, 2.05) is 0 Å². The number of halogens is 2. The standard InChI is InChI=1S/C10H17BrIN3/c1-3-8-10(11)9(7-13-6-5-12)15(4-2)14-8/h13H,3-7H2,1-2H3. The van der Waals surface area contributed by atoms with E-state index in [1.54, 1.807) is 0 Å². The van der Waals surface area contributed by atoms with Crippen molar-refractivity contribution in [1.29, 1.82) is 0 Å². The molecule has 1 rings (SSSR count). The Hall–Kier alpha value is 0.380. The van der Waals surface area contributed by atoms with E-state index in [9.17, 15) is 0 Å². The summed E-state index contributed by atoms with van der Waals surface area (Å²) in [5, 5.41) is 7.96. The van der Waals surface area contributed by atoms with Crippen LogP contribution in [0, 0.1) is 0 Å². The number of nitrogens with zero attached hydrogens (tertiary/aromatic N) is 2. The predicted molar refractivity (Wildman–Crippen MR) is 75.6 cm³/mol. The van der Waals surface area contributed by atoms with Gasteiger partial charge in [-0.15, -0.1) is 0 Å². The van der Waals surface area contributed by atoms with Gasteiger partial charge in [0.05, 0.1) is 15.9 Å². The summed E-state index contributed by atoms with van der Waals surface area (Å²) in [7, 11) is 0. The Kier molecular flexibility index (Phi) is 6.14. The largest absolute Gasteiger partial charge is 0.310 e. The number of hydrogen-bond donors (Lipinski definition) is 1.